The largest absolute Gasteiger partial charge is 0.274 e. The summed E-state index contributed by atoms with van der Waals surface area (Å²) in [5.74, 6) is -1.02. The highest BCUT2D eigenvalue weighted by Crippen LogP contribution is 2.64. The maximum Gasteiger partial charge on any atom is 0.238 e. The lowest BCUT2D eigenvalue weighted by Crippen LogP contribution is -2.51. The standard InChI is InChI=1S/C29H21NO2/c1-29-21-14-6-4-12-19(21)24(20-13-5-7-15-22(20)29)25-26(29)28(32)30(27(25)31)23-16-8-10-17-9-2-3-11-18(17)23/h2-16,24-26H,1H3/t24?,25-,26-,29?/m0/s1. The Kier molecular flexibility index (Phi) is 3.33. The molecule has 1 heterocycles. The summed E-state index contributed by atoms with van der Waals surface area (Å²) in [5, 5.41) is 1.96. The van der Waals surface area contributed by atoms with Crippen molar-refractivity contribution < 1.29 is 9.59 Å². The van der Waals surface area contributed by atoms with Crippen molar-refractivity contribution in [1.82, 2.24) is 0 Å². The van der Waals surface area contributed by atoms with E-state index in [1.807, 2.05) is 66.7 Å². The number of anilines is 1. The molecule has 2 atom stereocenters. The number of imide groups is 1. The molecular weight excluding hydrogens is 394 g/mol. The first-order valence-corrected chi connectivity index (χ1v) is 11.2. The van der Waals surface area contributed by atoms with Crippen LogP contribution in [0.2, 0.25) is 0 Å². The molecule has 0 aromatic heterocycles. The van der Waals surface area contributed by atoms with Crippen LogP contribution in [0.5, 0.6) is 0 Å². The van der Waals surface area contributed by atoms with E-state index < -0.39 is 11.3 Å². The molecule has 1 saturated heterocycles. The Morgan fingerprint density at radius 3 is 2.00 bits per heavy atom. The number of hydrogen-bond donors (Lipinski definition) is 0. The zero-order chi connectivity index (χ0) is 21.6. The average Bonchev–Trinajstić information content (AvgIpc) is 3.10. The summed E-state index contributed by atoms with van der Waals surface area (Å²) >= 11 is 0. The molecule has 3 heteroatoms. The molecule has 0 radical (unpaired) electrons. The van der Waals surface area contributed by atoms with Crippen molar-refractivity contribution in [3.05, 3.63) is 113 Å². The molecule has 3 nitrogen and oxygen atoms in total. The van der Waals surface area contributed by atoms with Gasteiger partial charge in [-0.05, 0) is 33.7 Å². The van der Waals surface area contributed by atoms with E-state index in [1.165, 1.54) is 27.2 Å². The number of rotatable bonds is 1. The summed E-state index contributed by atoms with van der Waals surface area (Å²) < 4.78 is 0. The third kappa shape index (κ3) is 1.93. The normalized spacial score (nSPS) is 27.4. The summed E-state index contributed by atoms with van der Waals surface area (Å²) in [6.07, 6.45) is 0. The van der Waals surface area contributed by atoms with E-state index in [2.05, 4.69) is 31.2 Å². The molecule has 0 spiro atoms. The lowest BCUT2D eigenvalue weighted by atomic mass is 9.48. The van der Waals surface area contributed by atoms with Gasteiger partial charge in [0.2, 0.25) is 11.8 Å². The van der Waals surface area contributed by atoms with E-state index in [0.717, 1.165) is 10.8 Å². The van der Waals surface area contributed by atoms with Crippen LogP contribution in [0.1, 0.15) is 35.1 Å². The van der Waals surface area contributed by atoms with E-state index in [4.69, 9.17) is 0 Å². The molecule has 3 aliphatic carbocycles. The highest BCUT2D eigenvalue weighted by Gasteiger charge is 2.66. The summed E-state index contributed by atoms with van der Waals surface area (Å²) in [6, 6.07) is 30.6. The predicted octanol–water partition coefficient (Wildman–Crippen LogP) is 5.41. The first-order valence-electron chi connectivity index (χ1n) is 11.2. The van der Waals surface area contributed by atoms with Gasteiger partial charge in [0.15, 0.2) is 0 Å². The summed E-state index contributed by atoms with van der Waals surface area (Å²) in [7, 11) is 0. The molecule has 1 aliphatic heterocycles. The number of carbonyl (C=O) groups excluding carboxylic acids is 2. The molecule has 4 aliphatic rings. The first kappa shape index (κ1) is 17.9. The Morgan fingerprint density at radius 1 is 0.688 bits per heavy atom. The summed E-state index contributed by atoms with van der Waals surface area (Å²) in [6.45, 7) is 2.16. The first-order chi connectivity index (χ1) is 15.6. The van der Waals surface area contributed by atoms with Gasteiger partial charge in [-0.15, -0.1) is 0 Å². The second-order valence-electron chi connectivity index (χ2n) is 9.37. The van der Waals surface area contributed by atoms with Gasteiger partial charge in [0.05, 0.1) is 17.5 Å². The molecule has 0 unspecified atom stereocenters. The Morgan fingerprint density at radius 2 is 1.28 bits per heavy atom. The van der Waals surface area contributed by atoms with E-state index >= 15 is 0 Å². The fourth-order valence-corrected chi connectivity index (χ4v) is 6.79. The Labute approximate surface area is 186 Å². The van der Waals surface area contributed by atoms with Crippen molar-refractivity contribution in [3.8, 4) is 0 Å². The number of benzene rings is 4. The van der Waals surface area contributed by atoms with Crippen LogP contribution in [0.4, 0.5) is 5.69 Å². The SMILES string of the molecule is CC12c3ccccc3C(c3ccccc31)[C@@H]1C(=O)N(c3cccc4ccccc34)C(=O)[C@H]12. The monoisotopic (exact) mass is 415 g/mol. The van der Waals surface area contributed by atoms with E-state index in [9.17, 15) is 9.59 Å². The topological polar surface area (TPSA) is 37.4 Å². The Balaban J connectivity index is 1.50. The number of fused-ring (bicyclic) bond motifs is 1. The molecular formula is C29H21NO2. The third-order valence-electron chi connectivity index (χ3n) is 8.05. The molecule has 8 rings (SSSR count). The lowest BCUT2D eigenvalue weighted by Gasteiger charge is -2.52. The van der Waals surface area contributed by atoms with Gasteiger partial charge in [0.1, 0.15) is 0 Å². The van der Waals surface area contributed by atoms with Gasteiger partial charge >= 0.3 is 0 Å². The van der Waals surface area contributed by atoms with Crippen LogP contribution < -0.4 is 4.90 Å². The van der Waals surface area contributed by atoms with Gasteiger partial charge in [-0.25, -0.2) is 4.90 Å². The van der Waals surface area contributed by atoms with Crippen LogP contribution in [-0.4, -0.2) is 11.8 Å². The fourth-order valence-electron chi connectivity index (χ4n) is 6.79. The van der Waals surface area contributed by atoms with Crippen LogP contribution in [0.25, 0.3) is 10.8 Å². The van der Waals surface area contributed by atoms with Crippen LogP contribution in [0.3, 0.4) is 0 Å². The van der Waals surface area contributed by atoms with Crippen LogP contribution in [0.15, 0.2) is 91.0 Å². The van der Waals surface area contributed by atoms with Gasteiger partial charge in [-0.2, -0.15) is 0 Å². The lowest BCUT2D eigenvalue weighted by molar-refractivity contribution is -0.123. The average molecular weight is 415 g/mol. The quantitative estimate of drug-likeness (QED) is 0.390. The van der Waals surface area contributed by atoms with Crippen molar-refractivity contribution >= 4 is 28.3 Å². The highest BCUT2D eigenvalue weighted by molar-refractivity contribution is 6.26. The summed E-state index contributed by atoms with van der Waals surface area (Å²) in [4.78, 5) is 29.7. The van der Waals surface area contributed by atoms with Crippen molar-refractivity contribution in [1.29, 1.82) is 0 Å². The van der Waals surface area contributed by atoms with Gasteiger partial charge in [0, 0.05) is 16.7 Å². The van der Waals surface area contributed by atoms with Crippen LogP contribution >= 0.6 is 0 Å². The highest BCUT2D eigenvalue weighted by atomic mass is 16.2. The summed E-state index contributed by atoms with van der Waals surface area (Å²) in [5.41, 5.74) is 4.92. The smallest absolute Gasteiger partial charge is 0.238 e. The number of hydrogen-bond acceptors (Lipinski definition) is 2. The van der Waals surface area contributed by atoms with Gasteiger partial charge in [0.25, 0.3) is 0 Å². The Bertz CT molecular complexity index is 1420. The molecule has 0 N–H and O–H groups in total. The third-order valence-corrected chi connectivity index (χ3v) is 8.05. The molecule has 2 amide bonds. The van der Waals surface area contributed by atoms with Crippen molar-refractivity contribution in [2.45, 2.75) is 18.3 Å². The molecule has 154 valence electrons. The van der Waals surface area contributed by atoms with E-state index in [-0.39, 0.29) is 23.7 Å². The molecule has 32 heavy (non-hydrogen) atoms. The Hall–Kier alpha value is -3.72. The molecule has 1 fully saturated rings. The number of carbonyl (C=O) groups is 2. The minimum atomic E-state index is -0.529. The zero-order valence-electron chi connectivity index (χ0n) is 17.7. The van der Waals surface area contributed by atoms with Gasteiger partial charge in [-0.3, -0.25) is 9.59 Å². The minimum Gasteiger partial charge on any atom is -0.274 e. The van der Waals surface area contributed by atoms with Gasteiger partial charge < -0.3 is 0 Å². The number of amides is 2. The van der Waals surface area contributed by atoms with Crippen molar-refractivity contribution in [2.75, 3.05) is 4.90 Å². The molecule has 4 aromatic rings. The van der Waals surface area contributed by atoms with Crippen molar-refractivity contribution in [2.24, 2.45) is 11.8 Å². The van der Waals surface area contributed by atoms with Crippen LogP contribution in [0, 0.1) is 11.8 Å². The molecule has 4 aromatic carbocycles. The maximum atomic E-state index is 14.1. The van der Waals surface area contributed by atoms with Crippen molar-refractivity contribution in [3.63, 3.8) is 0 Å². The van der Waals surface area contributed by atoms with E-state index in [1.54, 1.807) is 0 Å². The second kappa shape index (κ2) is 5.95. The number of nitrogens with zero attached hydrogens (tertiary/aromatic N) is 1. The fraction of sp³-hybridized carbons (Fsp3) is 0.172. The minimum absolute atomic E-state index is 0.0726. The maximum absolute atomic E-state index is 14.1. The van der Waals surface area contributed by atoms with Crippen LogP contribution in [-0.2, 0) is 15.0 Å². The predicted molar refractivity (Wildman–Crippen MR) is 125 cm³/mol. The second-order valence-corrected chi connectivity index (χ2v) is 9.37. The van der Waals surface area contributed by atoms with Gasteiger partial charge in [-0.1, -0.05) is 91.9 Å². The molecule has 2 bridgehead atoms. The molecule has 0 saturated carbocycles. The zero-order valence-corrected chi connectivity index (χ0v) is 17.7. The van der Waals surface area contributed by atoms with E-state index in [0.29, 0.717) is 5.69 Å².